The zero-order valence-electron chi connectivity index (χ0n) is 11.0. The van der Waals surface area contributed by atoms with Gasteiger partial charge in [-0.15, -0.1) is 23.4 Å². The quantitative estimate of drug-likeness (QED) is 0.623. The number of halogens is 1. The highest BCUT2D eigenvalue weighted by molar-refractivity contribution is 8.00. The number of methoxy groups -OCH3 is 1. The van der Waals surface area contributed by atoms with E-state index in [9.17, 15) is 4.79 Å². The Labute approximate surface area is 123 Å². The standard InChI is InChI=1S/C15H17ClO2S/c1-15(10-17)13(16)9-8-12(18-2)14(15)19-11-6-4-3-5-7-11/h3-8,10,13-14H,9H2,1-2H3/t13-,14-,15+/m1/s1. The van der Waals surface area contributed by atoms with Gasteiger partial charge in [0.1, 0.15) is 12.0 Å². The molecule has 0 amide bonds. The second-order valence-electron chi connectivity index (χ2n) is 4.81. The summed E-state index contributed by atoms with van der Waals surface area (Å²) in [5.74, 6) is 0.834. The first kappa shape index (κ1) is 14.5. The number of benzene rings is 1. The average molecular weight is 297 g/mol. The predicted octanol–water partition coefficient (Wildman–Crippen LogP) is 3.89. The van der Waals surface area contributed by atoms with Gasteiger partial charge in [0, 0.05) is 4.90 Å². The minimum Gasteiger partial charge on any atom is -0.500 e. The summed E-state index contributed by atoms with van der Waals surface area (Å²) in [5.41, 5.74) is -0.623. The number of carbonyl (C=O) groups excluding carboxylic acids is 1. The molecule has 0 fully saturated rings. The number of hydrogen-bond acceptors (Lipinski definition) is 3. The lowest BCUT2D eigenvalue weighted by Gasteiger charge is -2.39. The second-order valence-corrected chi connectivity index (χ2v) is 6.51. The Hall–Kier alpha value is -0.930. The van der Waals surface area contributed by atoms with Crippen LogP contribution >= 0.6 is 23.4 Å². The molecule has 4 heteroatoms. The lowest BCUT2D eigenvalue weighted by Crippen LogP contribution is -2.43. The van der Waals surface area contributed by atoms with Gasteiger partial charge in [-0.2, -0.15) is 0 Å². The summed E-state index contributed by atoms with van der Waals surface area (Å²) in [4.78, 5) is 12.7. The van der Waals surface area contributed by atoms with Crippen LogP contribution in [0, 0.1) is 5.41 Å². The molecule has 0 spiro atoms. The maximum Gasteiger partial charge on any atom is 0.128 e. The highest BCUT2D eigenvalue weighted by Crippen LogP contribution is 2.47. The summed E-state index contributed by atoms with van der Waals surface area (Å²) in [6, 6.07) is 10.00. The third kappa shape index (κ3) is 2.82. The van der Waals surface area contributed by atoms with Gasteiger partial charge in [0.15, 0.2) is 0 Å². The number of ether oxygens (including phenoxy) is 1. The molecule has 2 nitrogen and oxygen atoms in total. The van der Waals surface area contributed by atoms with E-state index in [1.165, 1.54) is 0 Å². The van der Waals surface area contributed by atoms with Gasteiger partial charge in [0.2, 0.25) is 0 Å². The molecule has 1 aliphatic rings. The van der Waals surface area contributed by atoms with Crippen molar-refractivity contribution in [3.8, 4) is 0 Å². The van der Waals surface area contributed by atoms with Gasteiger partial charge < -0.3 is 9.53 Å². The maximum atomic E-state index is 11.6. The predicted molar refractivity (Wildman–Crippen MR) is 79.6 cm³/mol. The van der Waals surface area contributed by atoms with Gasteiger partial charge in [-0.3, -0.25) is 0 Å². The Bertz CT molecular complexity index is 474. The van der Waals surface area contributed by atoms with Crippen LogP contribution in [-0.2, 0) is 9.53 Å². The normalized spacial score (nSPS) is 30.6. The second kappa shape index (κ2) is 6.02. The zero-order chi connectivity index (χ0) is 13.9. The summed E-state index contributed by atoms with van der Waals surface area (Å²) in [6.45, 7) is 1.91. The summed E-state index contributed by atoms with van der Waals surface area (Å²) < 4.78 is 5.44. The summed E-state index contributed by atoms with van der Waals surface area (Å²) in [6.07, 6.45) is 3.62. The van der Waals surface area contributed by atoms with Gasteiger partial charge in [-0.25, -0.2) is 0 Å². The molecule has 0 aliphatic heterocycles. The fourth-order valence-electron chi connectivity index (χ4n) is 2.20. The number of carbonyl (C=O) groups is 1. The number of allylic oxidation sites excluding steroid dienone is 1. The van der Waals surface area contributed by atoms with Gasteiger partial charge in [-0.1, -0.05) is 18.2 Å². The van der Waals surface area contributed by atoms with Crippen LogP contribution in [0.25, 0.3) is 0 Å². The molecule has 0 radical (unpaired) electrons. The Morgan fingerprint density at radius 2 is 2.11 bits per heavy atom. The molecule has 102 valence electrons. The van der Waals surface area contributed by atoms with Crippen molar-refractivity contribution in [1.82, 2.24) is 0 Å². The van der Waals surface area contributed by atoms with Gasteiger partial charge in [-0.05, 0) is 31.6 Å². The highest BCUT2D eigenvalue weighted by Gasteiger charge is 2.46. The van der Waals surface area contributed by atoms with Crippen molar-refractivity contribution in [2.75, 3.05) is 7.11 Å². The van der Waals surface area contributed by atoms with E-state index in [1.807, 2.05) is 43.3 Å². The minimum atomic E-state index is -0.623. The molecule has 0 saturated heterocycles. The lowest BCUT2D eigenvalue weighted by molar-refractivity contribution is -0.115. The van der Waals surface area contributed by atoms with Crippen molar-refractivity contribution in [2.24, 2.45) is 5.41 Å². The lowest BCUT2D eigenvalue weighted by atomic mass is 9.78. The third-order valence-corrected chi connectivity index (χ3v) is 5.68. The van der Waals surface area contributed by atoms with E-state index in [0.717, 1.165) is 16.9 Å². The number of rotatable bonds is 4. The monoisotopic (exact) mass is 296 g/mol. The Morgan fingerprint density at radius 3 is 2.68 bits per heavy atom. The van der Waals surface area contributed by atoms with Crippen LogP contribution < -0.4 is 0 Å². The molecule has 0 saturated carbocycles. The van der Waals surface area contributed by atoms with E-state index in [2.05, 4.69) is 0 Å². The SMILES string of the molecule is COC1=CC[C@@H](Cl)[C@](C)(C=O)[C@@H]1Sc1ccccc1. The molecule has 0 heterocycles. The fourth-order valence-corrected chi connectivity index (χ4v) is 3.91. The van der Waals surface area contributed by atoms with Crippen molar-refractivity contribution >= 4 is 29.6 Å². The first-order valence-electron chi connectivity index (χ1n) is 6.18. The molecule has 0 bridgehead atoms. The molecular weight excluding hydrogens is 280 g/mol. The van der Waals surface area contributed by atoms with E-state index in [4.69, 9.17) is 16.3 Å². The van der Waals surface area contributed by atoms with Crippen molar-refractivity contribution < 1.29 is 9.53 Å². The third-order valence-electron chi connectivity index (χ3n) is 3.51. The van der Waals surface area contributed by atoms with Crippen molar-refractivity contribution in [3.05, 3.63) is 42.2 Å². The largest absolute Gasteiger partial charge is 0.500 e. The van der Waals surface area contributed by atoms with Gasteiger partial charge in [0.25, 0.3) is 0 Å². The topological polar surface area (TPSA) is 26.3 Å². The summed E-state index contributed by atoms with van der Waals surface area (Å²) in [5, 5.41) is -0.293. The fraction of sp³-hybridized carbons (Fsp3) is 0.400. The van der Waals surface area contributed by atoms with E-state index >= 15 is 0 Å². The molecule has 1 aromatic carbocycles. The molecule has 0 unspecified atom stereocenters. The molecule has 1 aromatic rings. The highest BCUT2D eigenvalue weighted by atomic mass is 35.5. The summed E-state index contributed by atoms with van der Waals surface area (Å²) in [7, 11) is 1.64. The number of aldehydes is 1. The van der Waals surface area contributed by atoms with Gasteiger partial charge >= 0.3 is 0 Å². The van der Waals surface area contributed by atoms with Crippen LogP contribution in [0.1, 0.15) is 13.3 Å². The van der Waals surface area contributed by atoms with Crippen molar-refractivity contribution in [3.63, 3.8) is 0 Å². The van der Waals surface area contributed by atoms with Crippen LogP contribution in [0.3, 0.4) is 0 Å². The zero-order valence-corrected chi connectivity index (χ0v) is 12.6. The first-order chi connectivity index (χ1) is 9.11. The van der Waals surface area contributed by atoms with E-state index < -0.39 is 5.41 Å². The molecule has 3 atom stereocenters. The first-order valence-corrected chi connectivity index (χ1v) is 7.49. The smallest absolute Gasteiger partial charge is 0.128 e. The summed E-state index contributed by atoms with van der Waals surface area (Å²) >= 11 is 7.99. The van der Waals surface area contributed by atoms with Crippen molar-refractivity contribution in [2.45, 2.75) is 28.9 Å². The Balaban J connectivity index is 2.33. The van der Waals surface area contributed by atoms with E-state index in [1.54, 1.807) is 18.9 Å². The van der Waals surface area contributed by atoms with E-state index in [0.29, 0.717) is 6.42 Å². The van der Waals surface area contributed by atoms with E-state index in [-0.39, 0.29) is 10.6 Å². The Kier molecular flexibility index (Phi) is 4.58. The van der Waals surface area contributed by atoms with Gasteiger partial charge in [0.05, 0.1) is 23.2 Å². The van der Waals surface area contributed by atoms with Crippen LogP contribution in [0.15, 0.2) is 47.1 Å². The molecular formula is C15H17ClO2S. The number of thioether (sulfide) groups is 1. The van der Waals surface area contributed by atoms with Crippen LogP contribution in [0.4, 0.5) is 0 Å². The molecule has 19 heavy (non-hydrogen) atoms. The molecule has 0 N–H and O–H groups in total. The maximum absolute atomic E-state index is 11.6. The van der Waals surface area contributed by atoms with Crippen molar-refractivity contribution in [1.29, 1.82) is 0 Å². The Morgan fingerprint density at radius 1 is 1.42 bits per heavy atom. The number of hydrogen-bond donors (Lipinski definition) is 0. The average Bonchev–Trinajstić information content (AvgIpc) is 2.45. The minimum absolute atomic E-state index is 0.0892. The molecule has 2 rings (SSSR count). The number of alkyl halides is 1. The molecule has 0 aromatic heterocycles. The molecule has 1 aliphatic carbocycles. The van der Waals surface area contributed by atoms with Crippen LogP contribution in [0.5, 0.6) is 0 Å². The van der Waals surface area contributed by atoms with Crippen LogP contribution in [-0.4, -0.2) is 24.0 Å². The van der Waals surface area contributed by atoms with Crippen LogP contribution in [0.2, 0.25) is 0 Å².